The summed E-state index contributed by atoms with van der Waals surface area (Å²) < 4.78 is 0. The van der Waals surface area contributed by atoms with Crippen LogP contribution in [0.3, 0.4) is 0 Å². The summed E-state index contributed by atoms with van der Waals surface area (Å²) in [5.41, 5.74) is 4.84. The van der Waals surface area contributed by atoms with Gasteiger partial charge in [-0.2, -0.15) is 0 Å². The van der Waals surface area contributed by atoms with Crippen molar-refractivity contribution >= 4 is 5.84 Å². The van der Waals surface area contributed by atoms with Gasteiger partial charge in [0.2, 0.25) is 0 Å². The molecule has 2 atom stereocenters. The number of rotatable bonds is 7. The van der Waals surface area contributed by atoms with Crippen molar-refractivity contribution in [3.63, 3.8) is 0 Å². The van der Waals surface area contributed by atoms with E-state index < -0.39 is 5.60 Å². The Balaban J connectivity index is 2.22. The average molecular weight is 285 g/mol. The van der Waals surface area contributed by atoms with Crippen molar-refractivity contribution in [2.24, 2.45) is 22.2 Å². The highest BCUT2D eigenvalue weighted by atomic mass is 16.4. The molecule has 1 fully saturated rings. The van der Waals surface area contributed by atoms with Crippen LogP contribution in [0.5, 0.6) is 0 Å². The molecule has 0 aromatic rings. The second-order valence-electron chi connectivity index (χ2n) is 7.08. The van der Waals surface area contributed by atoms with Crippen molar-refractivity contribution in [1.29, 1.82) is 0 Å². The van der Waals surface area contributed by atoms with E-state index in [9.17, 15) is 5.11 Å². The van der Waals surface area contributed by atoms with E-state index in [1.165, 1.54) is 6.42 Å². The third kappa shape index (κ3) is 5.29. The maximum absolute atomic E-state index is 10.5. The quantitative estimate of drug-likeness (QED) is 0.189. The topological polar surface area (TPSA) is 90.9 Å². The van der Waals surface area contributed by atoms with E-state index in [4.69, 9.17) is 10.9 Å². The lowest BCUT2D eigenvalue weighted by Crippen LogP contribution is -2.44. The molecule has 20 heavy (non-hydrogen) atoms. The van der Waals surface area contributed by atoms with Gasteiger partial charge in [0.25, 0.3) is 0 Å². The van der Waals surface area contributed by atoms with Gasteiger partial charge in [-0.05, 0) is 38.1 Å². The number of nitrogens with one attached hydrogen (secondary N) is 1. The summed E-state index contributed by atoms with van der Waals surface area (Å²) in [6.07, 6.45) is 5.95. The smallest absolute Gasteiger partial charge is 0.144 e. The van der Waals surface area contributed by atoms with Crippen molar-refractivity contribution < 1.29 is 10.3 Å². The molecule has 0 bridgehead atoms. The van der Waals surface area contributed by atoms with Crippen LogP contribution in [0, 0.1) is 11.3 Å². The zero-order valence-corrected chi connectivity index (χ0v) is 13.2. The summed E-state index contributed by atoms with van der Waals surface area (Å²) >= 11 is 0. The predicted molar refractivity (Wildman–Crippen MR) is 81.9 cm³/mol. The first-order chi connectivity index (χ1) is 9.29. The van der Waals surface area contributed by atoms with Gasteiger partial charge in [-0.1, -0.05) is 38.8 Å². The van der Waals surface area contributed by atoms with Crippen LogP contribution in [0.2, 0.25) is 0 Å². The fourth-order valence-corrected chi connectivity index (χ4v) is 3.03. The zero-order valence-electron chi connectivity index (χ0n) is 13.2. The molecule has 5 heteroatoms. The fourth-order valence-electron chi connectivity index (χ4n) is 3.03. The maximum atomic E-state index is 10.5. The first kappa shape index (κ1) is 17.2. The molecule has 1 aliphatic carbocycles. The molecule has 1 saturated carbocycles. The Morgan fingerprint density at radius 3 is 2.80 bits per heavy atom. The number of hydrogen-bond donors (Lipinski definition) is 4. The van der Waals surface area contributed by atoms with Crippen LogP contribution < -0.4 is 11.1 Å². The van der Waals surface area contributed by atoms with Gasteiger partial charge in [0.15, 0.2) is 0 Å². The number of nitrogens with two attached hydrogens (primary N) is 1. The molecule has 0 aromatic carbocycles. The van der Waals surface area contributed by atoms with E-state index in [2.05, 4.69) is 17.4 Å². The minimum atomic E-state index is -0.529. The molecular weight excluding hydrogens is 254 g/mol. The molecule has 0 heterocycles. The van der Waals surface area contributed by atoms with E-state index in [1.807, 2.05) is 13.8 Å². The van der Waals surface area contributed by atoms with Crippen molar-refractivity contribution in [3.05, 3.63) is 0 Å². The maximum Gasteiger partial charge on any atom is 0.144 e. The molecular formula is C15H31N3O2. The molecule has 5 nitrogen and oxygen atoms in total. The number of oxime groups is 1. The third-order valence-corrected chi connectivity index (χ3v) is 4.48. The Morgan fingerprint density at radius 2 is 2.20 bits per heavy atom. The van der Waals surface area contributed by atoms with Crippen LogP contribution in [0.1, 0.15) is 59.3 Å². The average Bonchev–Trinajstić information content (AvgIpc) is 2.36. The number of nitrogens with zero attached hydrogens (tertiary/aromatic N) is 1. The predicted octanol–water partition coefficient (Wildman–Crippen LogP) is 2.07. The van der Waals surface area contributed by atoms with Crippen LogP contribution in [-0.2, 0) is 0 Å². The number of amidine groups is 1. The van der Waals surface area contributed by atoms with Crippen molar-refractivity contribution in [1.82, 2.24) is 5.32 Å². The summed E-state index contributed by atoms with van der Waals surface area (Å²) in [6, 6.07) is 0. The van der Waals surface area contributed by atoms with Gasteiger partial charge < -0.3 is 21.4 Å². The lowest BCUT2D eigenvalue weighted by atomic mass is 9.79. The second-order valence-corrected chi connectivity index (χ2v) is 7.08. The molecule has 2 unspecified atom stereocenters. The van der Waals surface area contributed by atoms with Crippen molar-refractivity contribution in [2.45, 2.75) is 64.9 Å². The SMILES string of the molecule is CC1CCCC(O)(CNCCCC(C)(C)C(N)=NO)C1. The largest absolute Gasteiger partial charge is 0.409 e. The Bertz CT molecular complexity index is 331. The molecule has 0 saturated heterocycles. The highest BCUT2D eigenvalue weighted by Gasteiger charge is 2.32. The molecule has 0 spiro atoms. The molecule has 118 valence electrons. The summed E-state index contributed by atoms with van der Waals surface area (Å²) in [7, 11) is 0. The number of hydrogen-bond acceptors (Lipinski definition) is 4. The lowest BCUT2D eigenvalue weighted by Gasteiger charge is -2.35. The summed E-state index contributed by atoms with van der Waals surface area (Å²) in [5, 5.41) is 25.6. The molecule has 1 rings (SSSR count). The van der Waals surface area contributed by atoms with Crippen molar-refractivity contribution in [3.8, 4) is 0 Å². The Morgan fingerprint density at radius 1 is 1.50 bits per heavy atom. The molecule has 0 aromatic heterocycles. The summed E-state index contributed by atoms with van der Waals surface area (Å²) in [4.78, 5) is 0. The third-order valence-electron chi connectivity index (χ3n) is 4.48. The van der Waals surface area contributed by atoms with Gasteiger partial charge >= 0.3 is 0 Å². The van der Waals surface area contributed by atoms with Crippen molar-refractivity contribution in [2.75, 3.05) is 13.1 Å². The lowest BCUT2D eigenvalue weighted by molar-refractivity contribution is -0.0116. The van der Waals surface area contributed by atoms with E-state index in [-0.39, 0.29) is 11.3 Å². The normalized spacial score (nSPS) is 28.6. The van der Waals surface area contributed by atoms with E-state index in [1.54, 1.807) is 0 Å². The van der Waals surface area contributed by atoms with Gasteiger partial charge in [-0.25, -0.2) is 0 Å². The van der Waals surface area contributed by atoms with Crippen LogP contribution in [0.4, 0.5) is 0 Å². The standard InChI is InChI=1S/C15H31N3O2/c1-12-6-4-8-15(19,10-12)11-17-9-5-7-14(2,3)13(16)18-20/h12,17,19-20H,4-11H2,1-3H3,(H2,16,18). The first-order valence-electron chi connectivity index (χ1n) is 7.70. The van der Waals surface area contributed by atoms with E-state index >= 15 is 0 Å². The Kier molecular flexibility index (Phi) is 6.27. The first-order valence-corrected chi connectivity index (χ1v) is 7.70. The highest BCUT2D eigenvalue weighted by molar-refractivity contribution is 5.85. The minimum absolute atomic E-state index is 0.275. The van der Waals surface area contributed by atoms with Gasteiger partial charge in [0.1, 0.15) is 5.84 Å². The van der Waals surface area contributed by atoms with Gasteiger partial charge in [0.05, 0.1) is 5.60 Å². The molecule has 0 amide bonds. The van der Waals surface area contributed by atoms with Crippen LogP contribution >= 0.6 is 0 Å². The minimum Gasteiger partial charge on any atom is -0.409 e. The summed E-state index contributed by atoms with van der Waals surface area (Å²) in [5.74, 6) is 0.896. The van der Waals surface area contributed by atoms with Crippen LogP contribution in [0.15, 0.2) is 5.16 Å². The van der Waals surface area contributed by atoms with Crippen LogP contribution in [0.25, 0.3) is 0 Å². The van der Waals surface area contributed by atoms with Gasteiger partial charge in [-0.3, -0.25) is 0 Å². The Hall–Kier alpha value is -0.810. The molecule has 0 radical (unpaired) electrons. The van der Waals surface area contributed by atoms with E-state index in [0.29, 0.717) is 12.5 Å². The second kappa shape index (κ2) is 7.27. The zero-order chi connectivity index (χ0) is 15.2. The molecule has 5 N–H and O–H groups in total. The molecule has 0 aliphatic heterocycles. The Labute approximate surface area is 122 Å². The highest BCUT2D eigenvalue weighted by Crippen LogP contribution is 2.31. The summed E-state index contributed by atoms with van der Waals surface area (Å²) in [6.45, 7) is 7.67. The monoisotopic (exact) mass is 285 g/mol. The molecule has 1 aliphatic rings. The van der Waals surface area contributed by atoms with Crippen LogP contribution in [-0.4, -0.2) is 34.8 Å². The van der Waals surface area contributed by atoms with Gasteiger partial charge in [-0.15, -0.1) is 0 Å². The number of aliphatic hydroxyl groups is 1. The fraction of sp³-hybridized carbons (Fsp3) is 0.933. The van der Waals surface area contributed by atoms with E-state index in [0.717, 1.165) is 38.6 Å². The van der Waals surface area contributed by atoms with Gasteiger partial charge in [0, 0.05) is 12.0 Å².